The summed E-state index contributed by atoms with van der Waals surface area (Å²) in [5, 5.41) is 0. The molecule has 1 aliphatic heterocycles. The van der Waals surface area contributed by atoms with E-state index in [0.29, 0.717) is 19.5 Å². The summed E-state index contributed by atoms with van der Waals surface area (Å²) >= 11 is 0. The van der Waals surface area contributed by atoms with Gasteiger partial charge in [-0.15, -0.1) is 0 Å². The molecule has 0 saturated carbocycles. The minimum Gasteiger partial charge on any atom is -0.444 e. The fourth-order valence-electron chi connectivity index (χ4n) is 3.11. The Kier molecular flexibility index (Phi) is 7.21. The molecule has 1 aliphatic rings. The van der Waals surface area contributed by atoms with Crippen LogP contribution < -0.4 is 4.74 Å². The molecule has 1 aromatic rings. The van der Waals surface area contributed by atoms with Gasteiger partial charge in [-0.3, -0.25) is 9.69 Å². The first-order valence-electron chi connectivity index (χ1n) is 9.35. The summed E-state index contributed by atoms with van der Waals surface area (Å²) in [7, 11) is 1.66. The smallest absolute Gasteiger partial charge is 0.410 e. The van der Waals surface area contributed by atoms with Gasteiger partial charge in [-0.05, 0) is 57.7 Å². The number of carbonyl (C=O) groups excluding carboxylic acids is 2. The number of amides is 2. The van der Waals surface area contributed by atoms with Crippen LogP contribution in [0.1, 0.15) is 45.6 Å². The molecule has 0 N–H and O–H groups in total. The first-order valence-corrected chi connectivity index (χ1v) is 9.35. The second-order valence-electron chi connectivity index (χ2n) is 7.90. The van der Waals surface area contributed by atoms with Crippen LogP contribution in [0.2, 0.25) is 0 Å². The van der Waals surface area contributed by atoms with E-state index in [9.17, 15) is 18.4 Å². The largest absolute Gasteiger partial charge is 0.444 e. The summed E-state index contributed by atoms with van der Waals surface area (Å²) in [5.41, 5.74) is 0.146. The van der Waals surface area contributed by atoms with Gasteiger partial charge in [-0.2, -0.15) is 8.78 Å². The zero-order valence-corrected chi connectivity index (χ0v) is 16.8. The third-order valence-electron chi connectivity index (χ3n) is 4.36. The van der Waals surface area contributed by atoms with Crippen LogP contribution in [0.5, 0.6) is 5.75 Å². The lowest BCUT2D eigenvalue weighted by atomic mass is 10.0. The normalized spacial score (nSPS) is 17.4. The molecule has 1 heterocycles. The molecule has 2 amide bonds. The van der Waals surface area contributed by atoms with Crippen molar-refractivity contribution in [2.45, 2.75) is 64.8 Å². The zero-order chi connectivity index (χ0) is 20.9. The van der Waals surface area contributed by atoms with Crippen molar-refractivity contribution in [3.05, 3.63) is 29.8 Å². The van der Waals surface area contributed by atoms with Gasteiger partial charge < -0.3 is 14.4 Å². The Morgan fingerprint density at radius 1 is 1.21 bits per heavy atom. The predicted molar refractivity (Wildman–Crippen MR) is 100 cm³/mol. The van der Waals surface area contributed by atoms with E-state index in [2.05, 4.69) is 4.74 Å². The van der Waals surface area contributed by atoms with E-state index < -0.39 is 24.3 Å². The summed E-state index contributed by atoms with van der Waals surface area (Å²) in [6.07, 6.45) is 1.80. The average molecular weight is 398 g/mol. The van der Waals surface area contributed by atoms with Gasteiger partial charge in [0.2, 0.25) is 5.91 Å². The maximum absolute atomic E-state index is 12.9. The third-order valence-corrected chi connectivity index (χ3v) is 4.36. The summed E-state index contributed by atoms with van der Waals surface area (Å²) in [6.45, 7) is 3.28. The monoisotopic (exact) mass is 398 g/mol. The van der Waals surface area contributed by atoms with Crippen LogP contribution in [0.15, 0.2) is 24.3 Å². The fourth-order valence-corrected chi connectivity index (χ4v) is 3.11. The van der Waals surface area contributed by atoms with Crippen molar-refractivity contribution in [1.29, 1.82) is 0 Å². The van der Waals surface area contributed by atoms with Crippen molar-refractivity contribution >= 4 is 12.0 Å². The van der Waals surface area contributed by atoms with Gasteiger partial charge in [-0.1, -0.05) is 12.1 Å². The molecule has 156 valence electrons. The highest BCUT2D eigenvalue weighted by molar-refractivity contribution is 5.85. The zero-order valence-electron chi connectivity index (χ0n) is 16.8. The molecule has 28 heavy (non-hydrogen) atoms. The van der Waals surface area contributed by atoms with Crippen molar-refractivity contribution < 1.29 is 27.8 Å². The lowest BCUT2D eigenvalue weighted by Crippen LogP contribution is -2.53. The van der Waals surface area contributed by atoms with E-state index in [0.717, 1.165) is 18.4 Å². The highest BCUT2D eigenvalue weighted by Gasteiger charge is 2.36. The van der Waals surface area contributed by atoms with E-state index in [-0.39, 0.29) is 11.7 Å². The molecule has 0 spiro atoms. The van der Waals surface area contributed by atoms with Gasteiger partial charge in [0, 0.05) is 20.1 Å². The van der Waals surface area contributed by atoms with E-state index in [4.69, 9.17) is 4.74 Å². The number of hydrogen-bond donors (Lipinski definition) is 0. The minimum atomic E-state index is -2.87. The molecular formula is C20H28F2N2O4. The lowest BCUT2D eigenvalue weighted by Gasteiger charge is -2.37. The molecule has 0 aromatic heterocycles. The molecule has 1 aromatic carbocycles. The third kappa shape index (κ3) is 6.35. The molecular weight excluding hydrogens is 370 g/mol. The highest BCUT2D eigenvalue weighted by Crippen LogP contribution is 2.23. The quantitative estimate of drug-likeness (QED) is 0.751. The van der Waals surface area contributed by atoms with Crippen LogP contribution >= 0.6 is 0 Å². The number of ether oxygens (including phenoxy) is 2. The van der Waals surface area contributed by atoms with Gasteiger partial charge >= 0.3 is 12.7 Å². The maximum atomic E-state index is 12.9. The second-order valence-corrected chi connectivity index (χ2v) is 7.90. The maximum Gasteiger partial charge on any atom is 0.410 e. The minimum absolute atomic E-state index is 0.0658. The van der Waals surface area contributed by atoms with Crippen molar-refractivity contribution in [2.75, 3.05) is 13.6 Å². The van der Waals surface area contributed by atoms with E-state index in [1.54, 1.807) is 40.0 Å². The number of halogens is 2. The van der Waals surface area contributed by atoms with Crippen LogP contribution in [0.4, 0.5) is 13.6 Å². The van der Waals surface area contributed by atoms with E-state index >= 15 is 0 Å². The average Bonchev–Trinajstić information content (AvgIpc) is 2.61. The number of alkyl halides is 2. The summed E-state index contributed by atoms with van der Waals surface area (Å²) < 4.78 is 34.2. The van der Waals surface area contributed by atoms with Gasteiger partial charge in [0.1, 0.15) is 17.4 Å². The standard InChI is InChI=1S/C20H28F2N2O4/c1-20(2,3)28-19(26)24-12-6-5-7-16(24)17(25)23(4)13-14-8-10-15(11-9-14)27-18(21)22/h8-11,16,18H,5-7,12-13H2,1-4H3. The first-order chi connectivity index (χ1) is 13.1. The SMILES string of the molecule is CN(Cc1ccc(OC(F)F)cc1)C(=O)C1CCCCN1C(=O)OC(C)(C)C. The highest BCUT2D eigenvalue weighted by atomic mass is 19.3. The van der Waals surface area contributed by atoms with Crippen molar-refractivity contribution in [2.24, 2.45) is 0 Å². The number of likely N-dealkylation sites (tertiary alicyclic amines) is 1. The molecule has 1 unspecified atom stereocenters. The van der Waals surface area contributed by atoms with Crippen LogP contribution in [0, 0.1) is 0 Å². The fraction of sp³-hybridized carbons (Fsp3) is 0.600. The van der Waals surface area contributed by atoms with E-state index in [1.165, 1.54) is 21.9 Å². The van der Waals surface area contributed by atoms with Gasteiger partial charge in [0.25, 0.3) is 0 Å². The molecule has 0 bridgehead atoms. The van der Waals surface area contributed by atoms with Gasteiger partial charge in [-0.25, -0.2) is 4.79 Å². The van der Waals surface area contributed by atoms with E-state index in [1.807, 2.05) is 0 Å². The Morgan fingerprint density at radius 2 is 1.86 bits per heavy atom. The molecule has 2 rings (SSSR count). The molecule has 8 heteroatoms. The van der Waals surface area contributed by atoms with Crippen LogP contribution in [-0.2, 0) is 16.1 Å². The summed E-state index contributed by atoms with van der Waals surface area (Å²) in [5.74, 6) is -0.102. The summed E-state index contributed by atoms with van der Waals surface area (Å²) in [4.78, 5) is 28.5. The number of benzene rings is 1. The molecule has 1 saturated heterocycles. The van der Waals surface area contributed by atoms with Crippen molar-refractivity contribution in [3.63, 3.8) is 0 Å². The van der Waals surface area contributed by atoms with Crippen LogP contribution in [0.25, 0.3) is 0 Å². The molecule has 1 atom stereocenters. The van der Waals surface area contributed by atoms with Gasteiger partial charge in [0.15, 0.2) is 0 Å². The molecule has 6 nitrogen and oxygen atoms in total. The Morgan fingerprint density at radius 3 is 2.43 bits per heavy atom. The van der Waals surface area contributed by atoms with Crippen LogP contribution in [0.3, 0.4) is 0 Å². The Bertz CT molecular complexity index is 674. The van der Waals surface area contributed by atoms with Gasteiger partial charge in [0.05, 0.1) is 0 Å². The lowest BCUT2D eigenvalue weighted by molar-refractivity contribution is -0.137. The summed E-state index contributed by atoms with van der Waals surface area (Å²) in [6, 6.07) is 5.58. The Balaban J connectivity index is 2.02. The topological polar surface area (TPSA) is 59.1 Å². The molecule has 1 fully saturated rings. The van der Waals surface area contributed by atoms with Crippen molar-refractivity contribution in [3.8, 4) is 5.75 Å². The first kappa shape index (κ1) is 21.9. The number of rotatable bonds is 5. The number of carbonyl (C=O) groups is 2. The molecule has 0 aliphatic carbocycles. The number of hydrogen-bond acceptors (Lipinski definition) is 4. The number of piperidine rings is 1. The van der Waals surface area contributed by atoms with Crippen molar-refractivity contribution in [1.82, 2.24) is 9.80 Å². The number of nitrogens with zero attached hydrogens (tertiary/aromatic N) is 2. The Labute approximate surface area is 164 Å². The predicted octanol–water partition coefficient (Wildman–Crippen LogP) is 4.04. The Hall–Kier alpha value is -2.38. The number of likely N-dealkylation sites (N-methyl/N-ethyl adjacent to an activating group) is 1. The second kappa shape index (κ2) is 9.21. The van der Waals surface area contributed by atoms with Crippen LogP contribution in [-0.4, -0.2) is 53.6 Å². The molecule has 0 radical (unpaired) electrons.